The van der Waals surface area contributed by atoms with Crippen LogP contribution in [-0.2, 0) is 7.05 Å². The molecule has 1 aromatic heterocycles. The third kappa shape index (κ3) is 2.10. The van der Waals surface area contributed by atoms with Crippen molar-refractivity contribution in [2.24, 2.45) is 12.8 Å². The third-order valence-electron chi connectivity index (χ3n) is 3.35. The highest BCUT2D eigenvalue weighted by Gasteiger charge is 2.40. The van der Waals surface area contributed by atoms with Crippen LogP contribution in [0.2, 0.25) is 0 Å². The normalized spacial score (nSPS) is 17.7. The number of carbonyl (C=O) groups excluding carboxylic acids is 1. The minimum absolute atomic E-state index is 0.114. The minimum atomic E-state index is -0.241. The Morgan fingerprint density at radius 3 is 2.71 bits per heavy atom. The Kier molecular flexibility index (Phi) is 2.79. The lowest BCUT2D eigenvalue weighted by molar-refractivity contribution is 0.0401. The molecule has 0 bridgehead atoms. The highest BCUT2D eigenvalue weighted by molar-refractivity contribution is 5.94. The molecule has 2 N–H and O–H groups in total. The number of aromatic nitrogens is 1. The van der Waals surface area contributed by atoms with Crippen LogP contribution in [0, 0.1) is 0 Å². The standard InChI is InChI=1S/C12H17N3O2/c1-3-12(13)7-15(8-12)11(17)9-4-5-14(2)10(16)6-9/h4-6H,3,7-8,13H2,1-2H3. The quantitative estimate of drug-likeness (QED) is 0.781. The second-order valence-corrected chi connectivity index (χ2v) is 4.74. The van der Waals surface area contributed by atoms with Crippen molar-refractivity contribution in [1.82, 2.24) is 9.47 Å². The third-order valence-corrected chi connectivity index (χ3v) is 3.35. The minimum Gasteiger partial charge on any atom is -0.335 e. The van der Waals surface area contributed by atoms with E-state index in [1.807, 2.05) is 6.92 Å². The van der Waals surface area contributed by atoms with Gasteiger partial charge in [0, 0.05) is 38.0 Å². The molecule has 5 nitrogen and oxygen atoms in total. The zero-order valence-electron chi connectivity index (χ0n) is 10.1. The summed E-state index contributed by atoms with van der Waals surface area (Å²) in [5.41, 5.74) is 6.02. The van der Waals surface area contributed by atoms with Gasteiger partial charge in [-0.3, -0.25) is 9.59 Å². The molecule has 0 aliphatic carbocycles. The molecule has 1 aliphatic heterocycles. The van der Waals surface area contributed by atoms with E-state index in [9.17, 15) is 9.59 Å². The van der Waals surface area contributed by atoms with Crippen LogP contribution in [0.3, 0.4) is 0 Å². The number of hydrogen-bond donors (Lipinski definition) is 1. The molecule has 2 rings (SSSR count). The zero-order chi connectivity index (χ0) is 12.6. The number of likely N-dealkylation sites (tertiary alicyclic amines) is 1. The molecule has 1 aromatic rings. The molecule has 0 saturated carbocycles. The number of nitrogens with two attached hydrogens (primary N) is 1. The van der Waals surface area contributed by atoms with Gasteiger partial charge in [0.1, 0.15) is 0 Å². The molecular formula is C12H17N3O2. The van der Waals surface area contributed by atoms with Crippen LogP contribution in [0.25, 0.3) is 0 Å². The molecule has 0 atom stereocenters. The monoisotopic (exact) mass is 235 g/mol. The number of aryl methyl sites for hydroxylation is 1. The molecule has 0 aromatic carbocycles. The van der Waals surface area contributed by atoms with Crippen LogP contribution < -0.4 is 11.3 Å². The van der Waals surface area contributed by atoms with Gasteiger partial charge >= 0.3 is 0 Å². The van der Waals surface area contributed by atoms with Crippen molar-refractivity contribution < 1.29 is 4.79 Å². The number of nitrogens with zero attached hydrogens (tertiary/aromatic N) is 2. The molecule has 5 heteroatoms. The van der Waals surface area contributed by atoms with Gasteiger partial charge in [-0.15, -0.1) is 0 Å². The second-order valence-electron chi connectivity index (χ2n) is 4.74. The van der Waals surface area contributed by atoms with Gasteiger partial charge in [-0.05, 0) is 12.5 Å². The number of carbonyl (C=O) groups is 1. The fourth-order valence-electron chi connectivity index (χ4n) is 1.95. The molecule has 17 heavy (non-hydrogen) atoms. The molecule has 0 radical (unpaired) electrons. The molecule has 1 aliphatic rings. The van der Waals surface area contributed by atoms with Crippen molar-refractivity contribution in [1.29, 1.82) is 0 Å². The van der Waals surface area contributed by atoms with E-state index in [-0.39, 0.29) is 17.0 Å². The van der Waals surface area contributed by atoms with Crippen LogP contribution in [0.5, 0.6) is 0 Å². The van der Waals surface area contributed by atoms with Gasteiger partial charge in [0.15, 0.2) is 0 Å². The second kappa shape index (κ2) is 4.00. The first-order chi connectivity index (χ1) is 7.95. The lowest BCUT2D eigenvalue weighted by Gasteiger charge is -2.47. The Balaban J connectivity index is 2.12. The summed E-state index contributed by atoms with van der Waals surface area (Å²) in [5, 5.41) is 0. The number of pyridine rings is 1. The van der Waals surface area contributed by atoms with Gasteiger partial charge in [0.25, 0.3) is 11.5 Å². The van der Waals surface area contributed by atoms with E-state index in [0.29, 0.717) is 18.7 Å². The predicted molar refractivity (Wildman–Crippen MR) is 64.8 cm³/mol. The van der Waals surface area contributed by atoms with Gasteiger partial charge in [-0.1, -0.05) is 6.92 Å². The molecule has 92 valence electrons. The smallest absolute Gasteiger partial charge is 0.254 e. The van der Waals surface area contributed by atoms with E-state index < -0.39 is 0 Å². The van der Waals surface area contributed by atoms with Gasteiger partial charge in [0.05, 0.1) is 5.54 Å². The average molecular weight is 235 g/mol. The summed E-state index contributed by atoms with van der Waals surface area (Å²) in [6.45, 7) is 3.15. The number of hydrogen-bond acceptors (Lipinski definition) is 3. The first kappa shape index (κ1) is 11.9. The Bertz CT molecular complexity index is 501. The Labute approximate surface area is 99.8 Å². The zero-order valence-corrected chi connectivity index (χ0v) is 10.1. The maximum atomic E-state index is 12.0. The highest BCUT2D eigenvalue weighted by Crippen LogP contribution is 2.22. The summed E-state index contributed by atoms with van der Waals surface area (Å²) >= 11 is 0. The van der Waals surface area contributed by atoms with Gasteiger partial charge in [-0.2, -0.15) is 0 Å². The van der Waals surface area contributed by atoms with E-state index >= 15 is 0 Å². The van der Waals surface area contributed by atoms with E-state index in [1.165, 1.54) is 10.6 Å². The fourth-order valence-corrected chi connectivity index (χ4v) is 1.95. The lowest BCUT2D eigenvalue weighted by Crippen LogP contribution is -2.68. The lowest BCUT2D eigenvalue weighted by atomic mass is 9.88. The van der Waals surface area contributed by atoms with Gasteiger partial charge in [-0.25, -0.2) is 0 Å². The van der Waals surface area contributed by atoms with Crippen molar-refractivity contribution in [2.75, 3.05) is 13.1 Å². The topological polar surface area (TPSA) is 68.3 Å². The van der Waals surface area contributed by atoms with E-state index in [0.717, 1.165) is 6.42 Å². The average Bonchev–Trinajstić information content (AvgIpc) is 2.27. The molecular weight excluding hydrogens is 218 g/mol. The number of rotatable bonds is 2. The van der Waals surface area contributed by atoms with E-state index in [1.54, 1.807) is 24.2 Å². The largest absolute Gasteiger partial charge is 0.335 e. The highest BCUT2D eigenvalue weighted by atomic mass is 16.2. The Hall–Kier alpha value is -1.62. The molecule has 0 unspecified atom stereocenters. The first-order valence-corrected chi connectivity index (χ1v) is 5.70. The Morgan fingerprint density at radius 2 is 2.18 bits per heavy atom. The molecule has 1 fully saturated rings. The van der Waals surface area contributed by atoms with Crippen LogP contribution >= 0.6 is 0 Å². The van der Waals surface area contributed by atoms with Crippen molar-refractivity contribution in [3.8, 4) is 0 Å². The summed E-state index contributed by atoms with van der Waals surface area (Å²) in [7, 11) is 1.65. The van der Waals surface area contributed by atoms with Crippen LogP contribution in [0.15, 0.2) is 23.1 Å². The summed E-state index contributed by atoms with van der Waals surface area (Å²) in [6, 6.07) is 3.02. The molecule has 1 saturated heterocycles. The van der Waals surface area contributed by atoms with Crippen LogP contribution in [0.1, 0.15) is 23.7 Å². The first-order valence-electron chi connectivity index (χ1n) is 5.70. The van der Waals surface area contributed by atoms with Crippen molar-refractivity contribution in [3.05, 3.63) is 34.2 Å². The number of amides is 1. The van der Waals surface area contributed by atoms with E-state index in [4.69, 9.17) is 5.73 Å². The van der Waals surface area contributed by atoms with Crippen LogP contribution in [0.4, 0.5) is 0 Å². The summed E-state index contributed by atoms with van der Waals surface area (Å²) in [5.74, 6) is -0.114. The predicted octanol–water partition coefficient (Wildman–Crippen LogP) is -0.0514. The summed E-state index contributed by atoms with van der Waals surface area (Å²) < 4.78 is 1.44. The Morgan fingerprint density at radius 1 is 1.53 bits per heavy atom. The summed E-state index contributed by atoms with van der Waals surface area (Å²) in [6.07, 6.45) is 2.46. The maximum Gasteiger partial charge on any atom is 0.254 e. The van der Waals surface area contributed by atoms with Crippen molar-refractivity contribution >= 4 is 5.91 Å². The summed E-state index contributed by atoms with van der Waals surface area (Å²) in [4.78, 5) is 25.1. The van der Waals surface area contributed by atoms with Crippen molar-refractivity contribution in [3.63, 3.8) is 0 Å². The van der Waals surface area contributed by atoms with Gasteiger partial charge < -0.3 is 15.2 Å². The van der Waals surface area contributed by atoms with Gasteiger partial charge in [0.2, 0.25) is 0 Å². The molecule has 1 amide bonds. The van der Waals surface area contributed by atoms with E-state index in [2.05, 4.69) is 0 Å². The SMILES string of the molecule is CCC1(N)CN(C(=O)c2ccn(C)c(=O)c2)C1. The van der Waals surface area contributed by atoms with Crippen LogP contribution in [-0.4, -0.2) is 34.0 Å². The molecule has 2 heterocycles. The molecule has 0 spiro atoms. The fraction of sp³-hybridized carbons (Fsp3) is 0.500. The van der Waals surface area contributed by atoms with Crippen molar-refractivity contribution in [2.45, 2.75) is 18.9 Å². The maximum absolute atomic E-state index is 12.0.